The largest absolute Gasteiger partial charge is 0.497 e. The number of methoxy groups -OCH3 is 2. The molecule has 1 N–H and O–H groups in total. The molecule has 9 nitrogen and oxygen atoms in total. The van der Waals surface area contributed by atoms with Crippen LogP contribution < -0.4 is 19.5 Å². The van der Waals surface area contributed by atoms with Crippen LogP contribution in [0.4, 0.5) is 0 Å². The molecule has 3 rings (SSSR count). The van der Waals surface area contributed by atoms with Crippen LogP contribution in [0.3, 0.4) is 0 Å². The third-order valence-corrected chi connectivity index (χ3v) is 4.25. The average molecular weight is 413 g/mol. The first kappa shape index (κ1) is 21.4. The van der Waals surface area contributed by atoms with Crippen LogP contribution in [0.2, 0.25) is 0 Å². The molecule has 0 atom stereocenters. The summed E-state index contributed by atoms with van der Waals surface area (Å²) in [7, 11) is 3.18. The Hall–Kier alpha value is -3.36. The molecule has 0 unspecified atom stereocenters. The molecule has 0 aliphatic heterocycles. The second kappa shape index (κ2) is 8.98. The Morgan fingerprint density at radius 1 is 1.10 bits per heavy atom. The highest BCUT2D eigenvalue weighted by Crippen LogP contribution is 2.32. The number of hydrogen-bond donors (Lipinski definition) is 1. The Kier molecular flexibility index (Phi) is 6.39. The fourth-order valence-corrected chi connectivity index (χ4v) is 2.89. The molecule has 9 heteroatoms. The summed E-state index contributed by atoms with van der Waals surface area (Å²) in [4.78, 5) is 11.9. The van der Waals surface area contributed by atoms with E-state index in [1.807, 2.05) is 32.9 Å². The third kappa shape index (κ3) is 5.16. The van der Waals surface area contributed by atoms with Crippen LogP contribution in [0.25, 0.3) is 17.0 Å². The van der Waals surface area contributed by atoms with Gasteiger partial charge in [0, 0.05) is 18.6 Å². The summed E-state index contributed by atoms with van der Waals surface area (Å²) in [6, 6.07) is 8.92. The van der Waals surface area contributed by atoms with Crippen molar-refractivity contribution in [2.75, 3.05) is 27.4 Å². The zero-order valence-electron chi connectivity index (χ0n) is 17.9. The monoisotopic (exact) mass is 413 g/mol. The molecule has 0 aliphatic rings. The van der Waals surface area contributed by atoms with Crippen molar-refractivity contribution >= 4 is 11.6 Å². The first-order valence-corrected chi connectivity index (χ1v) is 9.65. The number of ether oxygens (including phenoxy) is 3. The lowest BCUT2D eigenvalue weighted by molar-refractivity contribution is -0.122. The van der Waals surface area contributed by atoms with Crippen LogP contribution in [-0.2, 0) is 4.79 Å². The molecular weight excluding hydrogens is 386 g/mol. The zero-order chi connectivity index (χ0) is 21.7. The van der Waals surface area contributed by atoms with Crippen LogP contribution in [0, 0.1) is 5.41 Å². The SMILES string of the molecule is COc1ccc(-c2nnc3ccc(OCCNC(=O)CC(C)(C)C)nn23)c(OC)c1. The predicted molar refractivity (Wildman–Crippen MR) is 112 cm³/mol. The van der Waals surface area contributed by atoms with Gasteiger partial charge in [-0.25, -0.2) is 0 Å². The highest BCUT2D eigenvalue weighted by Gasteiger charge is 2.17. The topological polar surface area (TPSA) is 99.9 Å². The molecule has 1 aromatic carbocycles. The number of fused-ring (bicyclic) bond motifs is 1. The number of amides is 1. The standard InChI is InChI=1S/C21H27N5O4/c1-21(2,3)13-18(27)22-10-11-30-19-9-8-17-23-24-20(26(17)25-19)15-7-6-14(28-4)12-16(15)29-5/h6-9,12H,10-11,13H2,1-5H3,(H,22,27). The van der Waals surface area contributed by atoms with E-state index in [1.54, 1.807) is 36.9 Å². The Morgan fingerprint density at radius 3 is 2.60 bits per heavy atom. The van der Waals surface area contributed by atoms with Crippen molar-refractivity contribution in [2.24, 2.45) is 5.41 Å². The van der Waals surface area contributed by atoms with Crippen molar-refractivity contribution in [3.05, 3.63) is 30.3 Å². The van der Waals surface area contributed by atoms with Crippen molar-refractivity contribution in [3.63, 3.8) is 0 Å². The predicted octanol–water partition coefficient (Wildman–Crippen LogP) is 2.74. The van der Waals surface area contributed by atoms with Gasteiger partial charge in [0.05, 0.1) is 26.3 Å². The van der Waals surface area contributed by atoms with Gasteiger partial charge >= 0.3 is 0 Å². The fourth-order valence-electron chi connectivity index (χ4n) is 2.89. The minimum Gasteiger partial charge on any atom is -0.497 e. The van der Waals surface area contributed by atoms with Gasteiger partial charge < -0.3 is 19.5 Å². The van der Waals surface area contributed by atoms with Crippen molar-refractivity contribution in [1.29, 1.82) is 0 Å². The van der Waals surface area contributed by atoms with Crippen LogP contribution in [0.5, 0.6) is 17.4 Å². The van der Waals surface area contributed by atoms with Gasteiger partial charge in [-0.05, 0) is 23.6 Å². The van der Waals surface area contributed by atoms with Gasteiger partial charge in [0.25, 0.3) is 0 Å². The summed E-state index contributed by atoms with van der Waals surface area (Å²) in [5.41, 5.74) is 1.25. The highest BCUT2D eigenvalue weighted by atomic mass is 16.5. The first-order chi connectivity index (χ1) is 14.3. The van der Waals surface area contributed by atoms with E-state index in [0.29, 0.717) is 48.4 Å². The average Bonchev–Trinajstić information content (AvgIpc) is 3.12. The molecule has 0 radical (unpaired) electrons. The quantitative estimate of drug-likeness (QED) is 0.567. The molecule has 0 spiro atoms. The van der Waals surface area contributed by atoms with E-state index in [2.05, 4.69) is 20.6 Å². The highest BCUT2D eigenvalue weighted by molar-refractivity contribution is 5.76. The maximum absolute atomic E-state index is 11.9. The van der Waals surface area contributed by atoms with Gasteiger partial charge in [-0.1, -0.05) is 20.8 Å². The summed E-state index contributed by atoms with van der Waals surface area (Å²) in [6.07, 6.45) is 0.463. The summed E-state index contributed by atoms with van der Waals surface area (Å²) in [5, 5.41) is 15.7. The Morgan fingerprint density at radius 2 is 1.90 bits per heavy atom. The number of benzene rings is 1. The van der Waals surface area contributed by atoms with Gasteiger partial charge in [0.2, 0.25) is 11.8 Å². The number of hydrogen-bond acceptors (Lipinski definition) is 7. The van der Waals surface area contributed by atoms with Crippen molar-refractivity contribution in [1.82, 2.24) is 25.1 Å². The van der Waals surface area contributed by atoms with Gasteiger partial charge in [0.1, 0.15) is 18.1 Å². The summed E-state index contributed by atoms with van der Waals surface area (Å²) in [5.74, 6) is 2.20. The molecule has 2 aromatic heterocycles. The van der Waals surface area contributed by atoms with Crippen LogP contribution in [0.15, 0.2) is 30.3 Å². The number of nitrogens with one attached hydrogen (secondary N) is 1. The minimum absolute atomic E-state index is 0.00204. The van der Waals surface area contributed by atoms with E-state index in [-0.39, 0.29) is 11.3 Å². The molecule has 1 amide bonds. The lowest BCUT2D eigenvalue weighted by atomic mass is 9.92. The molecular formula is C21H27N5O4. The second-order valence-corrected chi connectivity index (χ2v) is 7.97. The van der Waals surface area contributed by atoms with Crippen LogP contribution >= 0.6 is 0 Å². The Bertz CT molecular complexity index is 1030. The summed E-state index contributed by atoms with van der Waals surface area (Å²) >= 11 is 0. The maximum Gasteiger partial charge on any atom is 0.231 e. The lowest BCUT2D eigenvalue weighted by Gasteiger charge is -2.17. The van der Waals surface area contributed by atoms with Gasteiger partial charge in [-0.15, -0.1) is 15.3 Å². The van der Waals surface area contributed by atoms with E-state index in [0.717, 1.165) is 5.56 Å². The van der Waals surface area contributed by atoms with Crippen LogP contribution in [0.1, 0.15) is 27.2 Å². The van der Waals surface area contributed by atoms with E-state index < -0.39 is 0 Å². The smallest absolute Gasteiger partial charge is 0.231 e. The summed E-state index contributed by atoms with van der Waals surface area (Å²) in [6.45, 7) is 6.78. The summed E-state index contributed by atoms with van der Waals surface area (Å²) < 4.78 is 18.0. The molecule has 30 heavy (non-hydrogen) atoms. The number of carbonyl (C=O) groups excluding carboxylic acids is 1. The van der Waals surface area contributed by atoms with Crippen molar-refractivity contribution in [2.45, 2.75) is 27.2 Å². The van der Waals surface area contributed by atoms with Crippen molar-refractivity contribution in [3.8, 4) is 28.8 Å². The number of aromatic nitrogens is 4. The molecule has 2 heterocycles. The van der Waals surface area contributed by atoms with E-state index >= 15 is 0 Å². The Balaban J connectivity index is 1.72. The van der Waals surface area contributed by atoms with Gasteiger partial charge in [-0.2, -0.15) is 4.52 Å². The molecule has 0 saturated heterocycles. The van der Waals surface area contributed by atoms with E-state index in [4.69, 9.17) is 14.2 Å². The second-order valence-electron chi connectivity index (χ2n) is 7.97. The van der Waals surface area contributed by atoms with Crippen LogP contribution in [-0.4, -0.2) is 53.1 Å². The molecule has 0 aliphatic carbocycles. The fraction of sp³-hybridized carbons (Fsp3) is 0.429. The normalized spacial score (nSPS) is 11.4. The van der Waals surface area contributed by atoms with E-state index in [9.17, 15) is 4.79 Å². The van der Waals surface area contributed by atoms with E-state index in [1.165, 1.54) is 0 Å². The lowest BCUT2D eigenvalue weighted by Crippen LogP contribution is -2.31. The maximum atomic E-state index is 11.9. The number of carbonyl (C=O) groups is 1. The molecule has 3 aromatic rings. The zero-order valence-corrected chi connectivity index (χ0v) is 17.9. The molecule has 160 valence electrons. The van der Waals surface area contributed by atoms with Gasteiger partial charge in [0.15, 0.2) is 11.5 Å². The molecule has 0 fully saturated rings. The number of nitrogens with zero attached hydrogens (tertiary/aromatic N) is 4. The van der Waals surface area contributed by atoms with Gasteiger partial charge in [-0.3, -0.25) is 4.79 Å². The van der Waals surface area contributed by atoms with Crippen molar-refractivity contribution < 1.29 is 19.0 Å². The first-order valence-electron chi connectivity index (χ1n) is 9.65. The minimum atomic E-state index is -0.0507. The Labute approximate surface area is 175 Å². The molecule has 0 saturated carbocycles. The third-order valence-electron chi connectivity index (χ3n) is 4.25. The molecule has 0 bridgehead atoms. The number of rotatable bonds is 8.